The molecule has 0 N–H and O–H groups in total. The minimum atomic E-state index is 1.11. The molecule has 0 aliphatic rings. The molecule has 0 unspecified atom stereocenters. The van der Waals surface area contributed by atoms with E-state index in [0.29, 0.717) is 0 Å². The SMILES string of the molecule is c1ccc(-c2ccc3ccc(-c4ccc(N(c5ccc(-c6cccc7ccccc67)cc5)c5cc6ccccc6c6ccccc56)cc4)cc3c2)cc1. The van der Waals surface area contributed by atoms with Crippen LogP contribution in [-0.4, -0.2) is 0 Å². The van der Waals surface area contributed by atoms with Crippen molar-refractivity contribution in [2.75, 3.05) is 4.90 Å². The van der Waals surface area contributed by atoms with Gasteiger partial charge in [0.2, 0.25) is 0 Å². The highest BCUT2D eigenvalue weighted by atomic mass is 15.1. The van der Waals surface area contributed by atoms with Crippen LogP contribution in [0.4, 0.5) is 17.1 Å². The Bertz CT molecular complexity index is 2920. The molecule has 10 aromatic rings. The fraction of sp³-hybridized carbons (Fsp3) is 0. The molecule has 0 aromatic heterocycles. The summed E-state index contributed by atoms with van der Waals surface area (Å²) in [5.41, 5.74) is 10.7. The van der Waals surface area contributed by atoms with Gasteiger partial charge in [0.1, 0.15) is 0 Å². The van der Waals surface area contributed by atoms with Gasteiger partial charge < -0.3 is 4.90 Å². The van der Waals surface area contributed by atoms with Crippen molar-refractivity contribution in [3.8, 4) is 33.4 Å². The monoisotopic (exact) mass is 673 g/mol. The third-order valence-corrected chi connectivity index (χ3v) is 10.6. The minimum absolute atomic E-state index is 1.11. The smallest absolute Gasteiger partial charge is 0.0546 e. The van der Waals surface area contributed by atoms with Crippen LogP contribution in [0.2, 0.25) is 0 Å². The van der Waals surface area contributed by atoms with Gasteiger partial charge >= 0.3 is 0 Å². The zero-order valence-corrected chi connectivity index (χ0v) is 29.2. The number of benzene rings is 10. The van der Waals surface area contributed by atoms with Crippen LogP contribution >= 0.6 is 0 Å². The Morgan fingerprint density at radius 3 is 1.45 bits per heavy atom. The van der Waals surface area contributed by atoms with Crippen LogP contribution in [0, 0.1) is 0 Å². The highest BCUT2D eigenvalue weighted by Gasteiger charge is 2.18. The van der Waals surface area contributed by atoms with Crippen molar-refractivity contribution < 1.29 is 0 Å². The first-order valence-corrected chi connectivity index (χ1v) is 18.3. The fourth-order valence-corrected chi connectivity index (χ4v) is 7.95. The molecule has 0 heterocycles. The average molecular weight is 674 g/mol. The van der Waals surface area contributed by atoms with Crippen molar-refractivity contribution in [3.05, 3.63) is 212 Å². The van der Waals surface area contributed by atoms with Crippen LogP contribution in [0.5, 0.6) is 0 Å². The van der Waals surface area contributed by atoms with Crippen LogP contribution in [0.1, 0.15) is 0 Å². The maximum absolute atomic E-state index is 2.41. The average Bonchev–Trinajstić information content (AvgIpc) is 3.24. The molecule has 53 heavy (non-hydrogen) atoms. The Morgan fingerprint density at radius 1 is 0.245 bits per heavy atom. The molecular formula is C52H35N. The molecule has 10 aromatic carbocycles. The molecule has 1 nitrogen and oxygen atoms in total. The zero-order valence-electron chi connectivity index (χ0n) is 29.2. The first kappa shape index (κ1) is 30.8. The molecule has 0 amide bonds. The highest BCUT2D eigenvalue weighted by Crippen LogP contribution is 2.43. The van der Waals surface area contributed by atoms with E-state index in [2.05, 4.69) is 217 Å². The molecule has 248 valence electrons. The number of hydrogen-bond donors (Lipinski definition) is 0. The number of hydrogen-bond acceptors (Lipinski definition) is 1. The number of rotatable bonds is 6. The van der Waals surface area contributed by atoms with Gasteiger partial charge in [-0.05, 0) is 114 Å². The van der Waals surface area contributed by atoms with Crippen LogP contribution < -0.4 is 4.90 Å². The summed E-state index contributed by atoms with van der Waals surface area (Å²) < 4.78 is 0. The molecule has 0 radical (unpaired) electrons. The van der Waals surface area contributed by atoms with E-state index < -0.39 is 0 Å². The molecular weight excluding hydrogens is 639 g/mol. The van der Waals surface area contributed by atoms with E-state index in [4.69, 9.17) is 0 Å². The maximum atomic E-state index is 2.41. The van der Waals surface area contributed by atoms with Crippen molar-refractivity contribution in [2.45, 2.75) is 0 Å². The van der Waals surface area contributed by atoms with Crippen LogP contribution in [0.3, 0.4) is 0 Å². The minimum Gasteiger partial charge on any atom is -0.310 e. The van der Waals surface area contributed by atoms with E-state index in [1.165, 1.54) is 76.5 Å². The molecule has 0 fully saturated rings. The highest BCUT2D eigenvalue weighted by molar-refractivity contribution is 6.14. The van der Waals surface area contributed by atoms with Gasteiger partial charge in [0.05, 0.1) is 5.69 Å². The predicted molar refractivity (Wildman–Crippen MR) is 227 cm³/mol. The Hall–Kier alpha value is -6.96. The van der Waals surface area contributed by atoms with Gasteiger partial charge in [-0.2, -0.15) is 0 Å². The second-order valence-corrected chi connectivity index (χ2v) is 13.8. The number of anilines is 3. The Kier molecular flexibility index (Phi) is 7.55. The Labute approximate surface area is 309 Å². The summed E-state index contributed by atoms with van der Waals surface area (Å²) in [6.07, 6.45) is 0. The van der Waals surface area contributed by atoms with Crippen molar-refractivity contribution in [3.63, 3.8) is 0 Å². The Morgan fingerprint density at radius 2 is 0.755 bits per heavy atom. The first-order valence-electron chi connectivity index (χ1n) is 18.3. The molecule has 1 heteroatoms. The van der Waals surface area contributed by atoms with Crippen LogP contribution in [0.15, 0.2) is 212 Å². The lowest BCUT2D eigenvalue weighted by atomic mass is 9.96. The second kappa shape index (κ2) is 13.0. The van der Waals surface area contributed by atoms with Crippen molar-refractivity contribution >= 4 is 60.2 Å². The zero-order chi connectivity index (χ0) is 35.1. The molecule has 0 spiro atoms. The standard InChI is InChI=1S/C52H35N/c1-2-11-36(12-3-1)41-23-21-38-22-24-42(34-44(38)33-41)37-25-29-45(30-26-37)53(52-35-43-14-5-7-17-49(43)50-18-8-9-19-51(50)52)46-31-27-40(28-32-46)48-20-10-15-39-13-4-6-16-47(39)48/h1-35H. The summed E-state index contributed by atoms with van der Waals surface area (Å²) in [5, 5.41) is 9.95. The van der Waals surface area contributed by atoms with E-state index in [1.54, 1.807) is 0 Å². The largest absolute Gasteiger partial charge is 0.310 e. The molecule has 0 saturated carbocycles. The van der Waals surface area contributed by atoms with Crippen LogP contribution in [-0.2, 0) is 0 Å². The summed E-state index contributed by atoms with van der Waals surface area (Å²) in [4.78, 5) is 2.41. The normalized spacial score (nSPS) is 11.4. The van der Waals surface area contributed by atoms with Crippen LogP contribution in [0.25, 0.3) is 76.5 Å². The van der Waals surface area contributed by atoms with Gasteiger partial charge in [0.15, 0.2) is 0 Å². The summed E-state index contributed by atoms with van der Waals surface area (Å²) in [6.45, 7) is 0. The molecule has 0 saturated heterocycles. The van der Waals surface area contributed by atoms with Gasteiger partial charge in [0.25, 0.3) is 0 Å². The molecule has 0 aliphatic carbocycles. The first-order chi connectivity index (χ1) is 26.3. The summed E-state index contributed by atoms with van der Waals surface area (Å²) in [6, 6.07) is 77.3. The lowest BCUT2D eigenvalue weighted by Gasteiger charge is -2.28. The van der Waals surface area contributed by atoms with Gasteiger partial charge in [-0.1, -0.05) is 170 Å². The third kappa shape index (κ3) is 5.60. The number of nitrogens with zero attached hydrogens (tertiary/aromatic N) is 1. The third-order valence-electron chi connectivity index (χ3n) is 10.6. The predicted octanol–water partition coefficient (Wildman–Crippen LogP) is 14.8. The number of fused-ring (bicyclic) bond motifs is 5. The van der Waals surface area contributed by atoms with Gasteiger partial charge in [0, 0.05) is 16.8 Å². The van der Waals surface area contributed by atoms with Gasteiger partial charge in [-0.15, -0.1) is 0 Å². The van der Waals surface area contributed by atoms with Crippen molar-refractivity contribution in [1.82, 2.24) is 0 Å². The Balaban J connectivity index is 1.09. The van der Waals surface area contributed by atoms with Gasteiger partial charge in [-0.3, -0.25) is 0 Å². The summed E-state index contributed by atoms with van der Waals surface area (Å²) >= 11 is 0. The lowest BCUT2D eigenvalue weighted by molar-refractivity contribution is 1.30. The van der Waals surface area contributed by atoms with Crippen molar-refractivity contribution in [1.29, 1.82) is 0 Å². The van der Waals surface area contributed by atoms with E-state index in [-0.39, 0.29) is 0 Å². The van der Waals surface area contributed by atoms with Crippen molar-refractivity contribution in [2.24, 2.45) is 0 Å². The lowest BCUT2D eigenvalue weighted by Crippen LogP contribution is -2.10. The van der Waals surface area contributed by atoms with E-state index in [1.807, 2.05) is 0 Å². The molecule has 0 atom stereocenters. The second-order valence-electron chi connectivity index (χ2n) is 13.8. The topological polar surface area (TPSA) is 3.24 Å². The van der Waals surface area contributed by atoms with E-state index in [0.717, 1.165) is 17.1 Å². The molecule has 0 bridgehead atoms. The quantitative estimate of drug-likeness (QED) is 0.159. The molecule has 0 aliphatic heterocycles. The summed E-state index contributed by atoms with van der Waals surface area (Å²) in [5.74, 6) is 0. The van der Waals surface area contributed by atoms with Gasteiger partial charge in [-0.25, -0.2) is 0 Å². The fourth-order valence-electron chi connectivity index (χ4n) is 7.95. The van der Waals surface area contributed by atoms with E-state index in [9.17, 15) is 0 Å². The van der Waals surface area contributed by atoms with E-state index >= 15 is 0 Å². The molecule has 10 rings (SSSR count). The maximum Gasteiger partial charge on any atom is 0.0546 e. The summed E-state index contributed by atoms with van der Waals surface area (Å²) in [7, 11) is 0.